The molecular weight excluding hydrogens is 268 g/mol. The van der Waals surface area contributed by atoms with Gasteiger partial charge in [0.05, 0.1) is 0 Å². The van der Waals surface area contributed by atoms with E-state index in [-0.39, 0.29) is 18.2 Å². The number of piperidine rings is 1. The monoisotopic (exact) mass is 296 g/mol. The van der Waals surface area contributed by atoms with Crippen LogP contribution in [0.2, 0.25) is 0 Å². The molecular formula is C16H28N2O3. The number of carbonyl (C=O) groups excluding carboxylic acids is 1. The number of carbonyl (C=O) groups is 2. The summed E-state index contributed by atoms with van der Waals surface area (Å²) >= 11 is 0. The zero-order valence-corrected chi connectivity index (χ0v) is 13.2. The zero-order chi connectivity index (χ0) is 15.4. The van der Waals surface area contributed by atoms with E-state index in [1.165, 1.54) is 0 Å². The third kappa shape index (κ3) is 4.43. The molecule has 2 aliphatic heterocycles. The van der Waals surface area contributed by atoms with Crippen LogP contribution in [0.5, 0.6) is 0 Å². The fraction of sp³-hybridized carbons (Fsp3) is 0.875. The van der Waals surface area contributed by atoms with Gasteiger partial charge in [0.25, 0.3) is 0 Å². The van der Waals surface area contributed by atoms with Crippen molar-refractivity contribution in [2.75, 3.05) is 6.54 Å². The van der Waals surface area contributed by atoms with Gasteiger partial charge in [0.15, 0.2) is 0 Å². The zero-order valence-electron chi connectivity index (χ0n) is 13.2. The Balaban J connectivity index is 1.79. The number of rotatable bonds is 7. The van der Waals surface area contributed by atoms with Crippen molar-refractivity contribution in [1.29, 1.82) is 0 Å². The lowest BCUT2D eigenvalue weighted by molar-refractivity contribution is -0.140. The first kappa shape index (κ1) is 16.3. The van der Waals surface area contributed by atoms with E-state index in [9.17, 15) is 9.59 Å². The van der Waals surface area contributed by atoms with E-state index < -0.39 is 5.97 Å². The number of nitrogens with one attached hydrogen (secondary N) is 1. The smallest absolute Gasteiger partial charge is 0.303 e. The minimum Gasteiger partial charge on any atom is -0.481 e. The Bertz CT molecular complexity index is 370. The summed E-state index contributed by atoms with van der Waals surface area (Å²) in [7, 11) is 0. The number of nitrogens with zero attached hydrogens (tertiary/aromatic N) is 1. The quantitative estimate of drug-likeness (QED) is 0.705. The molecule has 0 aromatic rings. The van der Waals surface area contributed by atoms with Gasteiger partial charge in [-0.25, -0.2) is 0 Å². The molecule has 0 aromatic carbocycles. The second-order valence-electron chi connectivity index (χ2n) is 6.83. The molecule has 0 spiro atoms. The van der Waals surface area contributed by atoms with E-state index in [2.05, 4.69) is 24.1 Å². The van der Waals surface area contributed by atoms with Crippen molar-refractivity contribution in [2.45, 2.75) is 76.9 Å². The van der Waals surface area contributed by atoms with Crippen LogP contribution in [0.3, 0.4) is 0 Å². The number of carboxylic acids is 1. The molecule has 21 heavy (non-hydrogen) atoms. The molecule has 2 bridgehead atoms. The molecule has 2 saturated heterocycles. The topological polar surface area (TPSA) is 69.6 Å². The second kappa shape index (κ2) is 7.25. The first-order valence-corrected chi connectivity index (χ1v) is 8.23. The van der Waals surface area contributed by atoms with Crippen molar-refractivity contribution < 1.29 is 14.7 Å². The van der Waals surface area contributed by atoms with Gasteiger partial charge in [-0.3, -0.25) is 9.59 Å². The highest BCUT2D eigenvalue weighted by Crippen LogP contribution is 2.40. The Kier molecular flexibility index (Phi) is 5.62. The molecule has 0 saturated carbocycles. The fourth-order valence-electron chi connectivity index (χ4n) is 3.87. The Morgan fingerprint density at radius 3 is 2.38 bits per heavy atom. The molecule has 0 aliphatic carbocycles. The minimum absolute atomic E-state index is 0.256. The second-order valence-corrected chi connectivity index (χ2v) is 6.83. The van der Waals surface area contributed by atoms with Gasteiger partial charge in [-0.15, -0.1) is 0 Å². The van der Waals surface area contributed by atoms with Gasteiger partial charge in [-0.2, -0.15) is 0 Å². The van der Waals surface area contributed by atoms with Crippen LogP contribution in [0.1, 0.15) is 58.8 Å². The first-order valence-electron chi connectivity index (χ1n) is 8.23. The molecule has 0 radical (unpaired) electrons. The lowest BCUT2D eigenvalue weighted by atomic mass is 9.88. The summed E-state index contributed by atoms with van der Waals surface area (Å²) in [6.07, 6.45) is 5.60. The van der Waals surface area contributed by atoms with Crippen molar-refractivity contribution in [3.63, 3.8) is 0 Å². The average molecular weight is 296 g/mol. The average Bonchev–Trinajstić information content (AvgIpc) is 2.65. The molecule has 2 heterocycles. The number of amides is 1. The highest BCUT2D eigenvalue weighted by molar-refractivity contribution is 5.77. The highest BCUT2D eigenvalue weighted by atomic mass is 16.4. The summed E-state index contributed by atoms with van der Waals surface area (Å²) in [4.78, 5) is 25.3. The summed E-state index contributed by atoms with van der Waals surface area (Å²) in [6, 6.07) is 1.04. The van der Waals surface area contributed by atoms with Crippen molar-refractivity contribution in [3.8, 4) is 0 Å². The Morgan fingerprint density at radius 1 is 1.24 bits per heavy atom. The van der Waals surface area contributed by atoms with Gasteiger partial charge in [-0.05, 0) is 44.6 Å². The Hall–Kier alpha value is -1.10. The van der Waals surface area contributed by atoms with Gasteiger partial charge in [-0.1, -0.05) is 13.8 Å². The van der Waals surface area contributed by atoms with Crippen LogP contribution in [0.4, 0.5) is 0 Å². The van der Waals surface area contributed by atoms with Crippen LogP contribution in [-0.4, -0.2) is 46.6 Å². The van der Waals surface area contributed by atoms with E-state index in [1.807, 2.05) is 0 Å². The largest absolute Gasteiger partial charge is 0.481 e. The normalized spacial score (nSPS) is 28.1. The van der Waals surface area contributed by atoms with Crippen molar-refractivity contribution in [1.82, 2.24) is 10.2 Å². The molecule has 2 unspecified atom stereocenters. The maximum atomic E-state index is 12.4. The molecule has 5 heteroatoms. The molecule has 2 atom stereocenters. The SMILES string of the molecule is CC(C)NCCCC(=O)N1C2CCC1CC(CC(=O)O)C2. The van der Waals surface area contributed by atoms with Crippen LogP contribution < -0.4 is 5.32 Å². The van der Waals surface area contributed by atoms with E-state index in [0.717, 1.165) is 38.6 Å². The van der Waals surface area contributed by atoms with E-state index in [4.69, 9.17) is 5.11 Å². The van der Waals surface area contributed by atoms with Gasteiger partial charge >= 0.3 is 5.97 Å². The number of hydrogen-bond acceptors (Lipinski definition) is 3. The number of aliphatic carboxylic acids is 1. The predicted molar refractivity (Wildman–Crippen MR) is 81.0 cm³/mol. The number of carboxylic acid groups (broad SMARTS) is 1. The maximum Gasteiger partial charge on any atom is 0.303 e. The van der Waals surface area contributed by atoms with Crippen LogP contribution >= 0.6 is 0 Å². The number of hydrogen-bond donors (Lipinski definition) is 2. The summed E-state index contributed by atoms with van der Waals surface area (Å²) < 4.78 is 0. The first-order chi connectivity index (χ1) is 9.97. The molecule has 2 aliphatic rings. The van der Waals surface area contributed by atoms with E-state index in [1.54, 1.807) is 0 Å². The van der Waals surface area contributed by atoms with E-state index in [0.29, 0.717) is 24.5 Å². The van der Waals surface area contributed by atoms with Crippen molar-refractivity contribution >= 4 is 11.9 Å². The standard InChI is InChI=1S/C16H28N2O3/c1-11(2)17-7-3-4-15(19)18-13-5-6-14(18)9-12(8-13)10-16(20)21/h11-14,17H,3-10H2,1-2H3,(H,20,21). The molecule has 1 amide bonds. The summed E-state index contributed by atoms with van der Waals surface area (Å²) in [5.74, 6) is -0.188. The lowest BCUT2D eigenvalue weighted by Crippen LogP contribution is -2.47. The summed E-state index contributed by atoms with van der Waals surface area (Å²) in [5, 5.41) is 12.3. The van der Waals surface area contributed by atoms with Crippen LogP contribution in [0.15, 0.2) is 0 Å². The molecule has 5 nitrogen and oxygen atoms in total. The van der Waals surface area contributed by atoms with Crippen LogP contribution in [0.25, 0.3) is 0 Å². The minimum atomic E-state index is -0.709. The summed E-state index contributed by atoms with van der Waals surface area (Å²) in [5.41, 5.74) is 0. The fourth-order valence-corrected chi connectivity index (χ4v) is 3.87. The third-order valence-electron chi connectivity index (χ3n) is 4.70. The molecule has 120 valence electrons. The Labute approximate surface area is 127 Å². The number of fused-ring (bicyclic) bond motifs is 2. The van der Waals surface area contributed by atoms with Gasteiger partial charge in [0, 0.05) is 31.0 Å². The lowest BCUT2D eigenvalue weighted by Gasteiger charge is -2.38. The van der Waals surface area contributed by atoms with Gasteiger partial charge in [0.2, 0.25) is 5.91 Å². The van der Waals surface area contributed by atoms with Crippen LogP contribution in [-0.2, 0) is 9.59 Å². The molecule has 2 fully saturated rings. The maximum absolute atomic E-state index is 12.4. The highest BCUT2D eigenvalue weighted by Gasteiger charge is 2.43. The Morgan fingerprint density at radius 2 is 1.86 bits per heavy atom. The van der Waals surface area contributed by atoms with Gasteiger partial charge in [0.1, 0.15) is 0 Å². The molecule has 2 N–H and O–H groups in total. The van der Waals surface area contributed by atoms with Crippen molar-refractivity contribution in [3.05, 3.63) is 0 Å². The summed E-state index contributed by atoms with van der Waals surface area (Å²) in [6.45, 7) is 5.10. The molecule has 2 rings (SSSR count). The van der Waals surface area contributed by atoms with E-state index >= 15 is 0 Å². The van der Waals surface area contributed by atoms with Crippen LogP contribution in [0, 0.1) is 5.92 Å². The van der Waals surface area contributed by atoms with Gasteiger partial charge < -0.3 is 15.3 Å². The third-order valence-corrected chi connectivity index (χ3v) is 4.70. The van der Waals surface area contributed by atoms with Crippen molar-refractivity contribution in [2.24, 2.45) is 5.92 Å². The predicted octanol–water partition coefficient (Wildman–Crippen LogP) is 2.01. The molecule has 0 aromatic heterocycles.